The Bertz CT molecular complexity index is 1320. The maximum atomic E-state index is 16.8. The Balaban J connectivity index is 1.30. The van der Waals surface area contributed by atoms with Gasteiger partial charge in [0.15, 0.2) is 13.0 Å². The molecule has 8 nitrogen and oxygen atoms in total. The molecule has 0 radical (unpaired) electrons. The zero-order chi connectivity index (χ0) is 28.4. The smallest absolute Gasteiger partial charge is 0.410 e. The molecule has 3 heterocycles. The monoisotopic (exact) mass is 592 g/mol. The molecule has 4 atom stereocenters. The van der Waals surface area contributed by atoms with E-state index >= 15 is 4.39 Å². The molecule has 2 fully saturated rings. The summed E-state index contributed by atoms with van der Waals surface area (Å²) in [4.78, 5) is 26.1. The maximum Gasteiger partial charge on any atom is 0.410 e. The van der Waals surface area contributed by atoms with Crippen molar-refractivity contribution in [2.45, 2.75) is 88.6 Å². The minimum atomic E-state index is -1.37. The van der Waals surface area contributed by atoms with Crippen LogP contribution in [0.4, 0.5) is 15.0 Å². The number of alkyl halides is 1. The molecule has 6 rings (SSSR count). The predicted molar refractivity (Wildman–Crippen MR) is 150 cm³/mol. The van der Waals surface area contributed by atoms with Gasteiger partial charge in [0, 0.05) is 36.2 Å². The first-order valence-electron chi connectivity index (χ1n) is 13.9. The number of anilines is 1. The predicted octanol–water partition coefficient (Wildman–Crippen LogP) is 6.20. The third kappa shape index (κ3) is 4.68. The molecule has 0 N–H and O–H groups in total. The quantitative estimate of drug-likeness (QED) is 0.309. The van der Waals surface area contributed by atoms with Crippen molar-refractivity contribution >= 4 is 35.1 Å². The van der Waals surface area contributed by atoms with Crippen molar-refractivity contribution in [2.24, 2.45) is 0 Å². The van der Waals surface area contributed by atoms with E-state index in [9.17, 15) is 4.79 Å². The zero-order valence-corrected chi connectivity index (χ0v) is 24.8. The van der Waals surface area contributed by atoms with Crippen LogP contribution in [-0.4, -0.2) is 65.6 Å². The van der Waals surface area contributed by atoms with Crippen LogP contribution in [0, 0.1) is 0 Å². The highest BCUT2D eigenvalue weighted by atomic mass is 35.5. The highest BCUT2D eigenvalue weighted by molar-refractivity contribution is 6.31. The Hall–Kier alpha value is -2.36. The number of carbonyl (C=O) groups is 1. The van der Waals surface area contributed by atoms with Crippen LogP contribution in [0.3, 0.4) is 0 Å². The van der Waals surface area contributed by atoms with Gasteiger partial charge in [0.25, 0.3) is 0 Å². The number of rotatable bonds is 4. The molecule has 1 aromatic carbocycles. The molecule has 2 bridgehead atoms. The molecule has 1 amide bonds. The average molecular weight is 594 g/mol. The highest BCUT2D eigenvalue weighted by Gasteiger charge is 2.52. The third-order valence-corrected chi connectivity index (χ3v) is 9.30. The molecule has 4 aliphatic rings. The highest BCUT2D eigenvalue weighted by Crippen LogP contribution is 2.57. The topological polar surface area (TPSA) is 77.0 Å². The summed E-state index contributed by atoms with van der Waals surface area (Å²) in [6.45, 7) is 6.90. The van der Waals surface area contributed by atoms with Crippen molar-refractivity contribution in [1.29, 1.82) is 0 Å². The Morgan fingerprint density at radius 2 is 1.77 bits per heavy atom. The number of benzene rings is 1. The van der Waals surface area contributed by atoms with Crippen molar-refractivity contribution in [3.05, 3.63) is 44.8 Å². The van der Waals surface area contributed by atoms with E-state index in [4.69, 9.17) is 37.4 Å². The lowest BCUT2D eigenvalue weighted by Crippen LogP contribution is -2.57. The molecule has 1 spiro atoms. The number of nitrogens with zero attached hydrogens (tertiary/aromatic N) is 4. The molecule has 1 aromatic heterocycles. The van der Waals surface area contributed by atoms with Crippen molar-refractivity contribution in [3.8, 4) is 5.75 Å². The van der Waals surface area contributed by atoms with E-state index in [2.05, 4.69) is 14.9 Å². The molecule has 2 saturated heterocycles. The molecule has 216 valence electrons. The number of hydrogen-bond acceptors (Lipinski definition) is 7. The second kappa shape index (κ2) is 10.2. The Kier molecular flexibility index (Phi) is 7.07. The summed E-state index contributed by atoms with van der Waals surface area (Å²) in [7, 11) is 1.55. The first-order valence-corrected chi connectivity index (χ1v) is 14.7. The van der Waals surface area contributed by atoms with Crippen LogP contribution in [0.1, 0.15) is 75.0 Å². The van der Waals surface area contributed by atoms with E-state index in [0.717, 1.165) is 29.5 Å². The lowest BCUT2D eigenvalue weighted by atomic mass is 9.68. The second-order valence-corrected chi connectivity index (χ2v) is 13.1. The Morgan fingerprint density at radius 3 is 2.42 bits per heavy atom. The van der Waals surface area contributed by atoms with Gasteiger partial charge in [0.2, 0.25) is 5.28 Å². The van der Waals surface area contributed by atoms with E-state index in [1.807, 2.05) is 31.7 Å². The number of hydrogen-bond donors (Lipinski definition) is 0. The number of halogens is 3. The third-order valence-electron chi connectivity index (χ3n) is 8.79. The first kappa shape index (κ1) is 27.8. The number of piperazine rings is 1. The molecule has 40 heavy (non-hydrogen) atoms. The summed E-state index contributed by atoms with van der Waals surface area (Å²) in [6.07, 6.45) is 2.67. The molecule has 2 aliphatic carbocycles. The number of carbonyl (C=O) groups excluding carboxylic acids is 1. The first-order chi connectivity index (χ1) is 19.0. The number of aromatic nitrogens is 2. The van der Waals surface area contributed by atoms with E-state index in [1.165, 1.54) is 0 Å². The maximum absolute atomic E-state index is 16.8. The van der Waals surface area contributed by atoms with Crippen LogP contribution in [0.25, 0.3) is 0 Å². The van der Waals surface area contributed by atoms with Crippen LogP contribution in [0.15, 0.2) is 12.1 Å². The number of methoxy groups -OCH3 is 1. The van der Waals surface area contributed by atoms with Crippen molar-refractivity contribution < 1.29 is 23.4 Å². The van der Waals surface area contributed by atoms with Crippen molar-refractivity contribution in [2.75, 3.05) is 31.9 Å². The van der Waals surface area contributed by atoms with E-state index < -0.39 is 17.2 Å². The zero-order valence-electron chi connectivity index (χ0n) is 23.3. The molecule has 4 unspecified atom stereocenters. The van der Waals surface area contributed by atoms with Crippen LogP contribution in [0.2, 0.25) is 10.3 Å². The molecular weight excluding hydrogens is 558 g/mol. The van der Waals surface area contributed by atoms with E-state index in [0.29, 0.717) is 61.1 Å². The molecular formula is C29H35Cl2FN4O4. The van der Waals surface area contributed by atoms with Gasteiger partial charge in [-0.3, -0.25) is 4.90 Å². The van der Waals surface area contributed by atoms with Crippen LogP contribution in [-0.2, 0) is 27.7 Å². The van der Waals surface area contributed by atoms with Crippen LogP contribution in [0.5, 0.6) is 5.75 Å². The normalized spacial score (nSPS) is 27.1. The molecule has 0 saturated carbocycles. The van der Waals surface area contributed by atoms with E-state index in [1.54, 1.807) is 13.2 Å². The molecule has 2 aromatic rings. The van der Waals surface area contributed by atoms with E-state index in [-0.39, 0.29) is 30.3 Å². The summed E-state index contributed by atoms with van der Waals surface area (Å²) in [6, 6.07) is 3.68. The fraction of sp³-hybridized carbons (Fsp3) is 0.621. The minimum Gasteiger partial charge on any atom is -0.468 e. The number of amides is 1. The molecule has 11 heteroatoms. The average Bonchev–Trinajstić information content (AvgIpc) is 3.39. The van der Waals surface area contributed by atoms with Gasteiger partial charge in [0.1, 0.15) is 17.2 Å². The summed E-state index contributed by atoms with van der Waals surface area (Å²) in [5, 5.41) is 0.613. The second-order valence-electron chi connectivity index (χ2n) is 12.4. The summed E-state index contributed by atoms with van der Waals surface area (Å²) >= 11 is 13.1. The van der Waals surface area contributed by atoms with Gasteiger partial charge in [-0.25, -0.2) is 19.2 Å². The largest absolute Gasteiger partial charge is 0.468 e. The summed E-state index contributed by atoms with van der Waals surface area (Å²) < 4.78 is 33.2. The van der Waals surface area contributed by atoms with Gasteiger partial charge >= 0.3 is 6.09 Å². The fourth-order valence-corrected chi connectivity index (χ4v) is 7.60. The van der Waals surface area contributed by atoms with Gasteiger partial charge in [0.05, 0.1) is 17.8 Å². The van der Waals surface area contributed by atoms with Gasteiger partial charge < -0.3 is 19.1 Å². The van der Waals surface area contributed by atoms with Gasteiger partial charge in [-0.05, 0) is 94.2 Å². The Morgan fingerprint density at radius 1 is 1.10 bits per heavy atom. The lowest BCUT2D eigenvalue weighted by molar-refractivity contribution is 0.0122. The number of ether oxygens (including phenoxy) is 3. The van der Waals surface area contributed by atoms with Crippen LogP contribution >= 0.6 is 23.2 Å². The lowest BCUT2D eigenvalue weighted by Gasteiger charge is -2.44. The molecule has 2 aliphatic heterocycles. The minimum absolute atomic E-state index is 0.00321. The summed E-state index contributed by atoms with van der Waals surface area (Å²) in [5.41, 5.74) is 1.69. The SMILES string of the molecule is COCOc1cc(Cl)c2c(c1)C1(CC2)CCc2c(nc(Cl)nc2N2CC3CCC(C2)N3C(=O)OC(C)(C)C)C1F. The van der Waals surface area contributed by atoms with Crippen molar-refractivity contribution in [3.63, 3.8) is 0 Å². The van der Waals surface area contributed by atoms with Gasteiger partial charge in [-0.15, -0.1) is 0 Å². The number of fused-ring (bicyclic) bond motifs is 5. The Labute approximate surface area is 244 Å². The van der Waals surface area contributed by atoms with Gasteiger partial charge in [-0.2, -0.15) is 0 Å². The van der Waals surface area contributed by atoms with Crippen LogP contribution < -0.4 is 9.64 Å². The standard InChI is InChI=1S/C29H35Cl2FN4O4/c1-28(2,3)40-27(37)36-16-5-6-17(36)14-35(13-16)25-20-8-10-29(24(32)23(20)33-26(31)34-25)9-7-19-21(29)11-18(12-22(19)30)39-15-38-4/h11-12,16-17,24H,5-10,13-15H2,1-4H3. The summed E-state index contributed by atoms with van der Waals surface area (Å²) in [5.74, 6) is 1.24. The fourth-order valence-electron chi connectivity index (χ4n) is 7.12. The van der Waals surface area contributed by atoms with Crippen molar-refractivity contribution in [1.82, 2.24) is 14.9 Å². The van der Waals surface area contributed by atoms with Gasteiger partial charge in [-0.1, -0.05) is 11.6 Å².